The minimum atomic E-state index is 0.624. The van der Waals surface area contributed by atoms with Gasteiger partial charge in [0.15, 0.2) is 0 Å². The molecule has 0 aliphatic heterocycles. The van der Waals surface area contributed by atoms with E-state index < -0.39 is 0 Å². The third-order valence-corrected chi connectivity index (χ3v) is 3.39. The van der Waals surface area contributed by atoms with E-state index in [1.54, 1.807) is 0 Å². The lowest BCUT2D eigenvalue weighted by Gasteiger charge is -2.09. The van der Waals surface area contributed by atoms with Crippen molar-refractivity contribution in [1.29, 1.82) is 0 Å². The number of benzene rings is 1. The van der Waals surface area contributed by atoms with Crippen LogP contribution in [0.1, 0.15) is 16.8 Å². The molecule has 2 aromatic rings. The van der Waals surface area contributed by atoms with Crippen LogP contribution in [0.25, 0.3) is 0 Å². The molecule has 3 heteroatoms. The number of nitrogens with zero attached hydrogens (tertiary/aromatic N) is 1. The number of rotatable bonds is 2. The Hall–Kier alpha value is -1.35. The Morgan fingerprint density at radius 3 is 2.53 bits per heavy atom. The first kappa shape index (κ1) is 12.1. The van der Waals surface area contributed by atoms with Crippen LogP contribution in [0.15, 0.2) is 34.8 Å². The van der Waals surface area contributed by atoms with Crippen molar-refractivity contribution in [2.24, 2.45) is 0 Å². The van der Waals surface area contributed by atoms with Crippen LogP contribution in [0, 0.1) is 20.8 Å². The van der Waals surface area contributed by atoms with E-state index in [2.05, 4.69) is 33.0 Å². The van der Waals surface area contributed by atoms with E-state index in [1.165, 1.54) is 5.56 Å². The van der Waals surface area contributed by atoms with Gasteiger partial charge in [0, 0.05) is 10.5 Å². The molecule has 2 rings (SSSR count). The normalized spacial score (nSPS) is 10.4. The predicted octanol–water partition coefficient (Wildman–Crippen LogP) is 4.56. The van der Waals surface area contributed by atoms with Gasteiger partial charge >= 0.3 is 0 Å². The van der Waals surface area contributed by atoms with Gasteiger partial charge in [0.25, 0.3) is 0 Å². The highest BCUT2D eigenvalue weighted by molar-refractivity contribution is 9.10. The maximum Gasteiger partial charge on any atom is 0.219 e. The van der Waals surface area contributed by atoms with Crippen molar-refractivity contribution in [3.05, 3.63) is 51.6 Å². The van der Waals surface area contributed by atoms with E-state index >= 15 is 0 Å². The summed E-state index contributed by atoms with van der Waals surface area (Å²) in [4.78, 5) is 4.37. The first-order valence-electron chi connectivity index (χ1n) is 5.44. The molecule has 0 unspecified atom stereocenters. The molecule has 0 fully saturated rings. The summed E-state index contributed by atoms with van der Waals surface area (Å²) in [6.45, 7) is 6.02. The van der Waals surface area contributed by atoms with Crippen LogP contribution in [0.5, 0.6) is 11.6 Å². The number of aryl methyl sites for hydroxylation is 3. The maximum absolute atomic E-state index is 5.79. The quantitative estimate of drug-likeness (QED) is 0.809. The van der Waals surface area contributed by atoms with Gasteiger partial charge in [-0.05, 0) is 60.0 Å². The summed E-state index contributed by atoms with van der Waals surface area (Å²) in [6, 6.07) is 9.95. The Morgan fingerprint density at radius 2 is 1.82 bits per heavy atom. The molecule has 88 valence electrons. The average Bonchev–Trinajstić information content (AvgIpc) is 2.29. The molecule has 0 saturated carbocycles. The van der Waals surface area contributed by atoms with Crippen molar-refractivity contribution in [2.75, 3.05) is 0 Å². The molecule has 17 heavy (non-hydrogen) atoms. The van der Waals surface area contributed by atoms with E-state index in [0.717, 1.165) is 21.5 Å². The largest absolute Gasteiger partial charge is 0.439 e. The zero-order chi connectivity index (χ0) is 12.4. The number of pyridine rings is 1. The van der Waals surface area contributed by atoms with E-state index in [0.29, 0.717) is 5.88 Å². The summed E-state index contributed by atoms with van der Waals surface area (Å²) >= 11 is 3.42. The second-order valence-electron chi connectivity index (χ2n) is 4.09. The number of hydrogen-bond donors (Lipinski definition) is 0. The molecular weight excluding hydrogens is 278 g/mol. The second kappa shape index (κ2) is 4.88. The summed E-state index contributed by atoms with van der Waals surface area (Å²) in [5.41, 5.74) is 3.21. The van der Waals surface area contributed by atoms with Crippen molar-refractivity contribution in [3.8, 4) is 11.6 Å². The van der Waals surface area contributed by atoms with Gasteiger partial charge in [-0.2, -0.15) is 0 Å². The van der Waals surface area contributed by atoms with Crippen molar-refractivity contribution in [2.45, 2.75) is 20.8 Å². The Labute approximate surface area is 110 Å². The highest BCUT2D eigenvalue weighted by Gasteiger charge is 2.04. The van der Waals surface area contributed by atoms with E-state index in [1.807, 2.05) is 39.0 Å². The molecule has 0 atom stereocenters. The molecule has 0 saturated heterocycles. The number of ether oxygens (including phenoxy) is 1. The minimum Gasteiger partial charge on any atom is -0.439 e. The molecule has 0 aliphatic rings. The highest BCUT2D eigenvalue weighted by Crippen LogP contribution is 2.26. The van der Waals surface area contributed by atoms with Crippen LogP contribution in [0.4, 0.5) is 0 Å². The summed E-state index contributed by atoms with van der Waals surface area (Å²) in [7, 11) is 0. The fourth-order valence-corrected chi connectivity index (χ4v) is 1.73. The second-order valence-corrected chi connectivity index (χ2v) is 4.94. The number of aromatic nitrogens is 1. The lowest BCUT2D eigenvalue weighted by molar-refractivity contribution is 0.457. The highest BCUT2D eigenvalue weighted by atomic mass is 79.9. The lowest BCUT2D eigenvalue weighted by atomic mass is 10.1. The standard InChI is InChI=1S/C14H14BrNO/c1-9-4-5-10(2)13(8-9)17-14-7-6-12(15)11(3)16-14/h4-8H,1-3H3. The lowest BCUT2D eigenvalue weighted by Crippen LogP contribution is -1.92. The van der Waals surface area contributed by atoms with Gasteiger partial charge in [0.2, 0.25) is 5.88 Å². The van der Waals surface area contributed by atoms with Gasteiger partial charge in [0.1, 0.15) is 5.75 Å². The Balaban J connectivity index is 2.31. The van der Waals surface area contributed by atoms with Crippen LogP contribution >= 0.6 is 15.9 Å². The maximum atomic E-state index is 5.79. The van der Waals surface area contributed by atoms with E-state index in [-0.39, 0.29) is 0 Å². The molecule has 0 aliphatic carbocycles. The van der Waals surface area contributed by atoms with Gasteiger partial charge in [-0.1, -0.05) is 12.1 Å². The molecule has 0 N–H and O–H groups in total. The van der Waals surface area contributed by atoms with Crippen LogP contribution in [-0.2, 0) is 0 Å². The smallest absolute Gasteiger partial charge is 0.219 e. The van der Waals surface area contributed by atoms with Crippen LogP contribution < -0.4 is 4.74 Å². The number of halogens is 1. The Morgan fingerprint density at radius 1 is 1.06 bits per heavy atom. The molecule has 1 heterocycles. The minimum absolute atomic E-state index is 0.624. The fraction of sp³-hybridized carbons (Fsp3) is 0.214. The van der Waals surface area contributed by atoms with Crippen LogP contribution in [0.3, 0.4) is 0 Å². The van der Waals surface area contributed by atoms with Crippen molar-refractivity contribution < 1.29 is 4.74 Å². The molecule has 1 aromatic heterocycles. The van der Waals surface area contributed by atoms with Crippen LogP contribution in [0.2, 0.25) is 0 Å². The molecule has 0 bridgehead atoms. The Bertz CT molecular complexity index is 552. The third-order valence-electron chi connectivity index (χ3n) is 2.55. The molecular formula is C14H14BrNO. The topological polar surface area (TPSA) is 22.1 Å². The first-order chi connectivity index (χ1) is 8.06. The van der Waals surface area contributed by atoms with Gasteiger partial charge in [-0.3, -0.25) is 0 Å². The predicted molar refractivity (Wildman–Crippen MR) is 72.7 cm³/mol. The fourth-order valence-electron chi connectivity index (χ4n) is 1.51. The molecule has 1 aromatic carbocycles. The molecule has 2 nitrogen and oxygen atoms in total. The zero-order valence-corrected chi connectivity index (χ0v) is 11.7. The molecule has 0 spiro atoms. The average molecular weight is 292 g/mol. The Kier molecular flexibility index (Phi) is 3.48. The third kappa shape index (κ3) is 2.86. The zero-order valence-electron chi connectivity index (χ0n) is 10.1. The first-order valence-corrected chi connectivity index (χ1v) is 6.24. The molecule has 0 amide bonds. The number of hydrogen-bond acceptors (Lipinski definition) is 2. The van der Waals surface area contributed by atoms with Gasteiger partial charge in [-0.15, -0.1) is 0 Å². The van der Waals surface area contributed by atoms with Crippen molar-refractivity contribution >= 4 is 15.9 Å². The SMILES string of the molecule is Cc1ccc(C)c(Oc2ccc(Br)c(C)n2)c1. The van der Waals surface area contributed by atoms with Gasteiger partial charge < -0.3 is 4.74 Å². The summed E-state index contributed by atoms with van der Waals surface area (Å²) in [6.07, 6.45) is 0. The van der Waals surface area contributed by atoms with Gasteiger partial charge in [0.05, 0.1) is 5.69 Å². The molecule has 0 radical (unpaired) electrons. The van der Waals surface area contributed by atoms with E-state index in [9.17, 15) is 0 Å². The van der Waals surface area contributed by atoms with Crippen LogP contribution in [-0.4, -0.2) is 4.98 Å². The monoisotopic (exact) mass is 291 g/mol. The van der Waals surface area contributed by atoms with E-state index in [4.69, 9.17) is 4.74 Å². The summed E-state index contributed by atoms with van der Waals surface area (Å²) in [5.74, 6) is 1.48. The summed E-state index contributed by atoms with van der Waals surface area (Å²) in [5, 5.41) is 0. The summed E-state index contributed by atoms with van der Waals surface area (Å²) < 4.78 is 6.79. The van der Waals surface area contributed by atoms with Crippen molar-refractivity contribution in [1.82, 2.24) is 4.98 Å². The van der Waals surface area contributed by atoms with Crippen molar-refractivity contribution in [3.63, 3.8) is 0 Å². The van der Waals surface area contributed by atoms with Gasteiger partial charge in [-0.25, -0.2) is 4.98 Å².